The number of nitrogens with zero attached hydrogens (tertiary/aromatic N) is 1. The number of nitrogens with one attached hydrogen (secondary N) is 2. The molecule has 0 bridgehead atoms. The molecule has 4 nitrogen and oxygen atoms in total. The highest BCUT2D eigenvalue weighted by molar-refractivity contribution is 5.79. The van der Waals surface area contributed by atoms with E-state index in [1.807, 2.05) is 0 Å². The number of guanidine groups is 1. The minimum Gasteiger partial charge on any atom is -0.380 e. The van der Waals surface area contributed by atoms with Gasteiger partial charge in [-0.25, -0.2) is 0 Å². The maximum Gasteiger partial charge on any atom is 0.191 e. The van der Waals surface area contributed by atoms with Crippen LogP contribution in [0.5, 0.6) is 0 Å². The second-order valence-electron chi connectivity index (χ2n) is 6.37. The summed E-state index contributed by atoms with van der Waals surface area (Å²) in [4.78, 5) is 4.31. The number of hydrogen-bond acceptors (Lipinski definition) is 2. The van der Waals surface area contributed by atoms with Gasteiger partial charge in [-0.15, -0.1) is 0 Å². The highest BCUT2D eigenvalue weighted by atomic mass is 16.5. The van der Waals surface area contributed by atoms with E-state index in [0.717, 1.165) is 19.0 Å². The Hall–Kier alpha value is -2.33. The predicted molar refractivity (Wildman–Crippen MR) is 105 cm³/mol. The van der Waals surface area contributed by atoms with Crippen molar-refractivity contribution in [2.24, 2.45) is 4.99 Å². The van der Waals surface area contributed by atoms with Crippen molar-refractivity contribution in [2.75, 3.05) is 20.7 Å². The smallest absolute Gasteiger partial charge is 0.191 e. The summed E-state index contributed by atoms with van der Waals surface area (Å²) in [5.74, 6) is 1.24. The molecule has 2 aromatic carbocycles. The third-order valence-corrected chi connectivity index (χ3v) is 4.20. The van der Waals surface area contributed by atoms with Gasteiger partial charge >= 0.3 is 0 Å². The van der Waals surface area contributed by atoms with Crippen LogP contribution in [0.25, 0.3) is 0 Å². The third kappa shape index (κ3) is 6.24. The summed E-state index contributed by atoms with van der Waals surface area (Å²) in [7, 11) is 3.51. The maximum atomic E-state index is 5.14. The Morgan fingerprint density at radius 3 is 2.44 bits per heavy atom. The van der Waals surface area contributed by atoms with Gasteiger partial charge in [-0.1, -0.05) is 61.0 Å². The second-order valence-corrected chi connectivity index (χ2v) is 6.37. The Kier molecular flexibility index (Phi) is 7.48. The van der Waals surface area contributed by atoms with Gasteiger partial charge in [-0.2, -0.15) is 0 Å². The molecule has 1 unspecified atom stereocenters. The Morgan fingerprint density at radius 1 is 1.08 bits per heavy atom. The highest BCUT2D eigenvalue weighted by Crippen LogP contribution is 2.15. The number of rotatable bonds is 7. The van der Waals surface area contributed by atoms with Crippen LogP contribution < -0.4 is 10.6 Å². The minimum absolute atomic E-state index is 0.423. The molecule has 0 fully saturated rings. The van der Waals surface area contributed by atoms with Gasteiger partial charge < -0.3 is 15.4 Å². The molecule has 0 aromatic heterocycles. The van der Waals surface area contributed by atoms with E-state index >= 15 is 0 Å². The molecular formula is C21H29N3O. The van der Waals surface area contributed by atoms with E-state index in [-0.39, 0.29) is 0 Å². The molecule has 4 heteroatoms. The van der Waals surface area contributed by atoms with Gasteiger partial charge in [0.1, 0.15) is 0 Å². The van der Waals surface area contributed by atoms with E-state index in [2.05, 4.69) is 78.0 Å². The predicted octanol–water partition coefficient (Wildman–Crippen LogP) is 3.61. The first-order valence-electron chi connectivity index (χ1n) is 8.70. The molecule has 2 N–H and O–H groups in total. The Morgan fingerprint density at radius 2 is 1.80 bits per heavy atom. The topological polar surface area (TPSA) is 45.7 Å². The largest absolute Gasteiger partial charge is 0.380 e. The zero-order valence-electron chi connectivity index (χ0n) is 15.7. The van der Waals surface area contributed by atoms with Crippen molar-refractivity contribution < 1.29 is 4.74 Å². The number of methoxy groups -OCH3 is 1. The molecule has 2 rings (SSSR count). The molecule has 134 valence electrons. The molecule has 0 spiro atoms. The molecule has 1 atom stereocenters. The summed E-state index contributed by atoms with van der Waals surface area (Å²) in [5.41, 5.74) is 5.04. The number of hydrogen-bond donors (Lipinski definition) is 2. The number of aliphatic imine (C=N–C) groups is 1. The van der Waals surface area contributed by atoms with Crippen molar-refractivity contribution >= 4 is 5.96 Å². The summed E-state index contributed by atoms with van der Waals surface area (Å²) < 4.78 is 5.14. The molecule has 0 aliphatic heterocycles. The summed E-state index contributed by atoms with van der Waals surface area (Å²) in [6, 6.07) is 17.1. The first-order chi connectivity index (χ1) is 12.1. The fourth-order valence-electron chi connectivity index (χ4n) is 2.67. The Bertz CT molecular complexity index is 680. The molecule has 0 amide bonds. The number of aryl methyl sites for hydroxylation is 1. The fraction of sp³-hybridized carbons (Fsp3) is 0.381. The van der Waals surface area contributed by atoms with Crippen LogP contribution in [0.1, 0.15) is 35.1 Å². The van der Waals surface area contributed by atoms with E-state index in [1.54, 1.807) is 14.2 Å². The zero-order valence-corrected chi connectivity index (χ0v) is 15.7. The van der Waals surface area contributed by atoms with Gasteiger partial charge in [0, 0.05) is 27.2 Å². The van der Waals surface area contributed by atoms with Gasteiger partial charge in [0.2, 0.25) is 0 Å². The maximum absolute atomic E-state index is 5.14. The van der Waals surface area contributed by atoms with Crippen molar-refractivity contribution in [2.45, 2.75) is 32.9 Å². The molecule has 0 aliphatic rings. The lowest BCUT2D eigenvalue weighted by atomic mass is 9.99. The van der Waals surface area contributed by atoms with E-state index < -0.39 is 0 Å². The number of ether oxygens (including phenoxy) is 1. The Labute approximate surface area is 151 Å². The van der Waals surface area contributed by atoms with Crippen LogP contribution in [-0.4, -0.2) is 26.7 Å². The van der Waals surface area contributed by atoms with Crippen LogP contribution in [0.3, 0.4) is 0 Å². The molecule has 0 aliphatic carbocycles. The van der Waals surface area contributed by atoms with Crippen molar-refractivity contribution in [1.82, 2.24) is 10.6 Å². The molecule has 0 saturated carbocycles. The summed E-state index contributed by atoms with van der Waals surface area (Å²) in [5, 5.41) is 6.77. The molecule has 25 heavy (non-hydrogen) atoms. The quantitative estimate of drug-likeness (QED) is 0.598. The summed E-state index contributed by atoms with van der Waals surface area (Å²) in [6.45, 7) is 6.58. The lowest BCUT2D eigenvalue weighted by Gasteiger charge is -2.17. The van der Waals surface area contributed by atoms with Gasteiger partial charge in [-0.3, -0.25) is 4.99 Å². The fourth-order valence-corrected chi connectivity index (χ4v) is 2.67. The highest BCUT2D eigenvalue weighted by Gasteiger charge is 2.07. The normalized spacial score (nSPS) is 12.7. The standard InChI is InChI=1S/C21H29N3O/c1-16-6-5-7-20(12-16)17(2)13-23-21(22-3)24-14-18-8-10-19(11-9-18)15-25-4/h5-12,17H,13-15H2,1-4H3,(H2,22,23,24). The van der Waals surface area contributed by atoms with E-state index in [9.17, 15) is 0 Å². The van der Waals surface area contributed by atoms with Crippen LogP contribution >= 0.6 is 0 Å². The van der Waals surface area contributed by atoms with Gasteiger partial charge in [-0.05, 0) is 29.5 Å². The first-order valence-corrected chi connectivity index (χ1v) is 8.70. The zero-order chi connectivity index (χ0) is 18.1. The van der Waals surface area contributed by atoms with E-state index in [4.69, 9.17) is 4.74 Å². The van der Waals surface area contributed by atoms with Crippen molar-refractivity contribution in [3.63, 3.8) is 0 Å². The molecule has 0 saturated heterocycles. The summed E-state index contributed by atoms with van der Waals surface area (Å²) >= 11 is 0. The summed E-state index contributed by atoms with van der Waals surface area (Å²) in [6.07, 6.45) is 0. The van der Waals surface area contributed by atoms with Gasteiger partial charge in [0.15, 0.2) is 5.96 Å². The second kappa shape index (κ2) is 9.84. The van der Waals surface area contributed by atoms with Crippen molar-refractivity contribution in [3.8, 4) is 0 Å². The van der Waals surface area contributed by atoms with Crippen molar-refractivity contribution in [3.05, 3.63) is 70.8 Å². The first kappa shape index (κ1) is 19.0. The monoisotopic (exact) mass is 339 g/mol. The van der Waals surface area contributed by atoms with Crippen LogP contribution in [-0.2, 0) is 17.9 Å². The van der Waals surface area contributed by atoms with Crippen LogP contribution in [0.15, 0.2) is 53.5 Å². The third-order valence-electron chi connectivity index (χ3n) is 4.20. The SMILES string of the molecule is CN=C(NCc1ccc(COC)cc1)NCC(C)c1cccc(C)c1. The molecule has 2 aromatic rings. The van der Waals surface area contributed by atoms with Crippen molar-refractivity contribution in [1.29, 1.82) is 0 Å². The lowest BCUT2D eigenvalue weighted by molar-refractivity contribution is 0.185. The lowest BCUT2D eigenvalue weighted by Crippen LogP contribution is -2.38. The van der Waals surface area contributed by atoms with E-state index in [0.29, 0.717) is 12.5 Å². The molecule has 0 radical (unpaired) electrons. The Balaban J connectivity index is 1.82. The van der Waals surface area contributed by atoms with Crippen LogP contribution in [0.4, 0.5) is 0 Å². The minimum atomic E-state index is 0.423. The van der Waals surface area contributed by atoms with Crippen LogP contribution in [0, 0.1) is 6.92 Å². The molecular weight excluding hydrogens is 310 g/mol. The average molecular weight is 339 g/mol. The van der Waals surface area contributed by atoms with Gasteiger partial charge in [0.05, 0.1) is 6.61 Å². The molecule has 0 heterocycles. The van der Waals surface area contributed by atoms with Gasteiger partial charge in [0.25, 0.3) is 0 Å². The van der Waals surface area contributed by atoms with Crippen LogP contribution in [0.2, 0.25) is 0 Å². The van der Waals surface area contributed by atoms with E-state index in [1.165, 1.54) is 22.3 Å². The average Bonchev–Trinajstić information content (AvgIpc) is 2.63. The number of benzene rings is 2.